The number of non-ortho nitro benzene ring substituents is 1. The predicted octanol–water partition coefficient (Wildman–Crippen LogP) is 1.39. The van der Waals surface area contributed by atoms with Crippen LogP contribution in [0.5, 0.6) is 0 Å². The second kappa shape index (κ2) is 4.84. The van der Waals surface area contributed by atoms with Gasteiger partial charge in [-0.3, -0.25) is 10.1 Å². The SMILES string of the molecule is N#CC1=C(N)OC(c2ccc([N+](=O)[O-])cc2)C1(C#N)C#N. The number of nitriles is 3. The highest BCUT2D eigenvalue weighted by Crippen LogP contribution is 2.48. The summed E-state index contributed by atoms with van der Waals surface area (Å²) in [7, 11) is 0. The molecule has 0 aromatic heterocycles. The van der Waals surface area contributed by atoms with Crippen molar-refractivity contribution >= 4 is 5.69 Å². The number of hydrogen-bond donors (Lipinski definition) is 1. The van der Waals surface area contributed by atoms with E-state index >= 15 is 0 Å². The molecule has 8 nitrogen and oxygen atoms in total. The van der Waals surface area contributed by atoms with Gasteiger partial charge in [0.25, 0.3) is 5.69 Å². The van der Waals surface area contributed by atoms with Crippen molar-refractivity contribution in [1.29, 1.82) is 15.8 Å². The molecule has 0 fully saturated rings. The Morgan fingerprint density at radius 3 is 2.24 bits per heavy atom. The van der Waals surface area contributed by atoms with Crippen molar-refractivity contribution < 1.29 is 9.66 Å². The summed E-state index contributed by atoms with van der Waals surface area (Å²) in [5.74, 6) is -0.288. The first kappa shape index (κ1) is 13.9. The molecule has 2 N–H and O–H groups in total. The van der Waals surface area contributed by atoms with Crippen LogP contribution >= 0.6 is 0 Å². The summed E-state index contributed by atoms with van der Waals surface area (Å²) in [5, 5.41) is 38.3. The lowest BCUT2D eigenvalue weighted by atomic mass is 9.77. The Bertz CT molecular complexity index is 747. The molecule has 1 atom stereocenters. The molecule has 102 valence electrons. The van der Waals surface area contributed by atoms with Gasteiger partial charge in [-0.2, -0.15) is 15.8 Å². The van der Waals surface area contributed by atoms with Gasteiger partial charge in [0.05, 0.1) is 17.1 Å². The van der Waals surface area contributed by atoms with Gasteiger partial charge in [0.15, 0.2) is 6.10 Å². The summed E-state index contributed by atoms with van der Waals surface area (Å²) in [6, 6.07) is 10.4. The maximum atomic E-state index is 10.6. The van der Waals surface area contributed by atoms with Crippen molar-refractivity contribution in [3.05, 3.63) is 51.4 Å². The average molecular weight is 281 g/mol. The van der Waals surface area contributed by atoms with Crippen molar-refractivity contribution in [2.45, 2.75) is 6.10 Å². The molecule has 1 aliphatic rings. The predicted molar refractivity (Wildman–Crippen MR) is 67.4 cm³/mol. The second-order valence-corrected chi connectivity index (χ2v) is 4.23. The number of rotatable bonds is 2. The molecule has 0 saturated carbocycles. The normalized spacial score (nSPS) is 19.0. The van der Waals surface area contributed by atoms with E-state index in [9.17, 15) is 20.6 Å². The van der Waals surface area contributed by atoms with E-state index in [1.165, 1.54) is 24.3 Å². The van der Waals surface area contributed by atoms with Crippen LogP contribution in [-0.2, 0) is 4.74 Å². The van der Waals surface area contributed by atoms with Crippen LogP contribution in [-0.4, -0.2) is 4.92 Å². The Hall–Kier alpha value is -3.57. The van der Waals surface area contributed by atoms with Crippen LogP contribution in [0.25, 0.3) is 0 Å². The fourth-order valence-corrected chi connectivity index (χ4v) is 2.09. The van der Waals surface area contributed by atoms with Crippen molar-refractivity contribution in [1.82, 2.24) is 0 Å². The van der Waals surface area contributed by atoms with Crippen LogP contribution in [0.4, 0.5) is 5.69 Å². The van der Waals surface area contributed by atoms with E-state index in [1.54, 1.807) is 18.2 Å². The molecular weight excluding hydrogens is 274 g/mol. The van der Waals surface area contributed by atoms with Crippen LogP contribution in [0.1, 0.15) is 11.7 Å². The Morgan fingerprint density at radius 1 is 1.24 bits per heavy atom. The van der Waals surface area contributed by atoms with Crippen LogP contribution in [0.2, 0.25) is 0 Å². The van der Waals surface area contributed by atoms with E-state index in [4.69, 9.17) is 15.7 Å². The molecule has 1 aliphatic heterocycles. The van der Waals surface area contributed by atoms with Gasteiger partial charge < -0.3 is 10.5 Å². The largest absolute Gasteiger partial charge is 0.467 e. The average Bonchev–Trinajstić information content (AvgIpc) is 2.79. The number of nitrogens with two attached hydrogens (primary N) is 1. The third kappa shape index (κ3) is 1.90. The maximum absolute atomic E-state index is 10.6. The molecule has 0 radical (unpaired) electrons. The smallest absolute Gasteiger partial charge is 0.269 e. The van der Waals surface area contributed by atoms with E-state index < -0.39 is 16.4 Å². The second-order valence-electron chi connectivity index (χ2n) is 4.23. The summed E-state index contributed by atoms with van der Waals surface area (Å²) in [5.41, 5.74) is 3.63. The zero-order valence-electron chi connectivity index (χ0n) is 10.5. The van der Waals surface area contributed by atoms with Crippen molar-refractivity contribution in [2.24, 2.45) is 11.1 Å². The lowest BCUT2D eigenvalue weighted by molar-refractivity contribution is -0.384. The lowest BCUT2D eigenvalue weighted by Crippen LogP contribution is -2.24. The molecular formula is C13H7N5O3. The number of hydrogen-bond acceptors (Lipinski definition) is 7. The first-order valence-electron chi connectivity index (χ1n) is 5.64. The topological polar surface area (TPSA) is 150 Å². The zero-order chi connectivity index (χ0) is 15.6. The molecule has 0 spiro atoms. The summed E-state index contributed by atoms with van der Waals surface area (Å²) in [6.45, 7) is 0. The first-order valence-corrected chi connectivity index (χ1v) is 5.64. The van der Waals surface area contributed by atoms with Crippen LogP contribution in [0.15, 0.2) is 35.7 Å². The van der Waals surface area contributed by atoms with Crippen LogP contribution in [0, 0.1) is 49.5 Å². The van der Waals surface area contributed by atoms with Gasteiger partial charge in [-0.05, 0) is 17.7 Å². The van der Waals surface area contributed by atoms with Gasteiger partial charge in [-0.15, -0.1) is 0 Å². The minimum Gasteiger partial charge on any atom is -0.467 e. The number of nitrogens with zero attached hydrogens (tertiary/aromatic N) is 4. The zero-order valence-corrected chi connectivity index (χ0v) is 10.5. The van der Waals surface area contributed by atoms with E-state index in [-0.39, 0.29) is 17.1 Å². The van der Waals surface area contributed by atoms with Crippen molar-refractivity contribution in [2.75, 3.05) is 0 Å². The standard InChI is InChI=1S/C13H7N5O3/c14-5-10-12(17)21-11(13(10,6-15)7-16)8-1-3-9(4-2-8)18(19)20/h1-4,11H,17H2. The molecule has 1 unspecified atom stereocenters. The lowest BCUT2D eigenvalue weighted by Gasteiger charge is -2.20. The molecule has 21 heavy (non-hydrogen) atoms. The number of nitro benzene ring substituents is 1. The van der Waals surface area contributed by atoms with E-state index in [2.05, 4.69) is 0 Å². The third-order valence-electron chi connectivity index (χ3n) is 3.15. The Balaban J connectivity index is 2.52. The first-order chi connectivity index (χ1) is 10.00. The van der Waals surface area contributed by atoms with Gasteiger partial charge in [-0.1, -0.05) is 0 Å². The van der Waals surface area contributed by atoms with Gasteiger partial charge in [-0.25, -0.2) is 0 Å². The molecule has 1 aromatic rings. The fraction of sp³-hybridized carbons (Fsp3) is 0.154. The van der Waals surface area contributed by atoms with Gasteiger partial charge in [0, 0.05) is 12.1 Å². The molecule has 0 amide bonds. The quantitative estimate of drug-likeness (QED) is 0.635. The summed E-state index contributed by atoms with van der Waals surface area (Å²) in [4.78, 5) is 10.0. The summed E-state index contributed by atoms with van der Waals surface area (Å²) < 4.78 is 5.27. The molecule has 0 aliphatic carbocycles. The highest BCUT2D eigenvalue weighted by atomic mass is 16.6. The van der Waals surface area contributed by atoms with Crippen molar-refractivity contribution in [3.8, 4) is 18.2 Å². The maximum Gasteiger partial charge on any atom is 0.269 e. The number of ether oxygens (including phenoxy) is 1. The summed E-state index contributed by atoms with van der Waals surface area (Å²) >= 11 is 0. The Morgan fingerprint density at radius 2 is 1.81 bits per heavy atom. The molecule has 8 heteroatoms. The molecule has 2 rings (SSSR count). The minimum absolute atomic E-state index is 0.141. The highest BCUT2D eigenvalue weighted by molar-refractivity contribution is 5.50. The Labute approximate surface area is 119 Å². The molecule has 0 bridgehead atoms. The van der Waals surface area contributed by atoms with Gasteiger partial charge >= 0.3 is 0 Å². The monoisotopic (exact) mass is 281 g/mol. The van der Waals surface area contributed by atoms with Gasteiger partial charge in [0.1, 0.15) is 11.6 Å². The van der Waals surface area contributed by atoms with E-state index in [1.807, 2.05) is 0 Å². The molecule has 0 saturated heterocycles. The fourth-order valence-electron chi connectivity index (χ4n) is 2.09. The Kier molecular flexibility index (Phi) is 3.19. The summed E-state index contributed by atoms with van der Waals surface area (Å²) in [6.07, 6.45) is -1.11. The minimum atomic E-state index is -1.87. The van der Waals surface area contributed by atoms with E-state index in [0.29, 0.717) is 5.56 Å². The van der Waals surface area contributed by atoms with E-state index in [0.717, 1.165) is 0 Å². The number of nitro groups is 1. The number of benzene rings is 1. The van der Waals surface area contributed by atoms with Crippen molar-refractivity contribution in [3.63, 3.8) is 0 Å². The molecule has 1 aromatic carbocycles. The third-order valence-corrected chi connectivity index (χ3v) is 3.15. The van der Waals surface area contributed by atoms with Crippen LogP contribution in [0.3, 0.4) is 0 Å². The van der Waals surface area contributed by atoms with Gasteiger partial charge in [0.2, 0.25) is 11.3 Å². The molecule has 1 heterocycles. The van der Waals surface area contributed by atoms with Crippen LogP contribution < -0.4 is 5.73 Å². The highest BCUT2D eigenvalue weighted by Gasteiger charge is 2.53.